The van der Waals surface area contributed by atoms with Gasteiger partial charge in [0, 0.05) is 30.8 Å². The minimum atomic E-state index is -0.135. The molecular formula is C13H15N5O. The number of nitrogen functional groups attached to an aromatic ring is 1. The maximum absolute atomic E-state index is 12.5. The van der Waals surface area contributed by atoms with Crippen LogP contribution in [0.15, 0.2) is 43.0 Å². The van der Waals surface area contributed by atoms with Gasteiger partial charge >= 0.3 is 0 Å². The first kappa shape index (κ1) is 13.0. The molecule has 98 valence electrons. The first-order valence-corrected chi connectivity index (χ1v) is 5.90. The average molecular weight is 257 g/mol. The van der Waals surface area contributed by atoms with Gasteiger partial charge in [-0.15, -0.1) is 0 Å². The van der Waals surface area contributed by atoms with Crippen LogP contribution >= 0.6 is 0 Å². The average Bonchev–Trinajstić information content (AvgIpc) is 2.49. The molecule has 0 unspecified atom stereocenters. The van der Waals surface area contributed by atoms with Crippen LogP contribution in [0.4, 0.5) is 11.4 Å². The van der Waals surface area contributed by atoms with E-state index in [1.807, 2.05) is 6.92 Å². The quantitative estimate of drug-likeness (QED) is 0.639. The summed E-state index contributed by atoms with van der Waals surface area (Å²) >= 11 is 0. The molecular weight excluding hydrogens is 242 g/mol. The van der Waals surface area contributed by atoms with Gasteiger partial charge in [-0.25, -0.2) is 0 Å². The second kappa shape index (κ2) is 5.92. The van der Waals surface area contributed by atoms with Crippen LogP contribution < -0.4 is 16.2 Å². The maximum Gasteiger partial charge on any atom is 0.260 e. The lowest BCUT2D eigenvalue weighted by atomic mass is 10.2. The molecule has 0 saturated carbocycles. The van der Waals surface area contributed by atoms with E-state index in [9.17, 15) is 4.79 Å². The summed E-state index contributed by atoms with van der Waals surface area (Å²) in [5, 5.41) is 0. The lowest BCUT2D eigenvalue weighted by molar-refractivity contribution is 0.0989. The third-order valence-electron chi connectivity index (χ3n) is 2.74. The zero-order valence-electron chi connectivity index (χ0n) is 10.6. The van der Waals surface area contributed by atoms with E-state index in [1.54, 1.807) is 41.7 Å². The SMILES string of the molecule is CCN(C(=O)c1ccncc1NN)c1ccncc1. The van der Waals surface area contributed by atoms with Gasteiger partial charge in [-0.1, -0.05) is 0 Å². The molecule has 0 spiro atoms. The van der Waals surface area contributed by atoms with Crippen LogP contribution in [0.25, 0.3) is 0 Å². The number of nitrogens with one attached hydrogen (secondary N) is 1. The molecule has 1 amide bonds. The molecule has 0 aliphatic carbocycles. The fraction of sp³-hybridized carbons (Fsp3) is 0.154. The Hall–Kier alpha value is -2.47. The standard InChI is InChI=1S/C13H15N5O/c1-2-18(10-3-6-15-7-4-10)13(19)11-5-8-16-9-12(11)17-14/h3-9,17H,2,14H2,1H3. The van der Waals surface area contributed by atoms with Gasteiger partial charge in [0.25, 0.3) is 5.91 Å². The Bertz CT molecular complexity index is 558. The number of nitrogens with zero attached hydrogens (tertiary/aromatic N) is 3. The van der Waals surface area contributed by atoms with Gasteiger partial charge in [0.1, 0.15) is 0 Å². The van der Waals surface area contributed by atoms with E-state index in [0.29, 0.717) is 17.8 Å². The highest BCUT2D eigenvalue weighted by Crippen LogP contribution is 2.19. The van der Waals surface area contributed by atoms with Gasteiger partial charge in [-0.05, 0) is 25.1 Å². The topological polar surface area (TPSA) is 84.1 Å². The van der Waals surface area contributed by atoms with Gasteiger partial charge in [0.15, 0.2) is 0 Å². The van der Waals surface area contributed by atoms with Gasteiger partial charge in [0.05, 0.1) is 17.4 Å². The molecule has 3 N–H and O–H groups in total. The number of rotatable bonds is 4. The Balaban J connectivity index is 2.36. The summed E-state index contributed by atoms with van der Waals surface area (Å²) in [6.45, 7) is 2.46. The third kappa shape index (κ3) is 2.69. The molecule has 0 radical (unpaired) electrons. The fourth-order valence-corrected chi connectivity index (χ4v) is 1.81. The van der Waals surface area contributed by atoms with Gasteiger partial charge in [-0.3, -0.25) is 20.6 Å². The van der Waals surface area contributed by atoms with E-state index in [0.717, 1.165) is 5.69 Å². The summed E-state index contributed by atoms with van der Waals surface area (Å²) in [6.07, 6.45) is 6.39. The molecule has 0 fully saturated rings. The van der Waals surface area contributed by atoms with Crippen molar-refractivity contribution in [1.29, 1.82) is 0 Å². The number of carbonyl (C=O) groups is 1. The number of hydrazine groups is 1. The Kier molecular flexibility index (Phi) is 4.04. The summed E-state index contributed by atoms with van der Waals surface area (Å²) in [6, 6.07) is 5.22. The summed E-state index contributed by atoms with van der Waals surface area (Å²) in [5.74, 6) is 5.26. The largest absolute Gasteiger partial charge is 0.322 e. The van der Waals surface area contributed by atoms with Crippen molar-refractivity contribution in [3.63, 3.8) is 0 Å². The lowest BCUT2D eigenvalue weighted by Crippen LogP contribution is -2.31. The number of carbonyl (C=O) groups excluding carboxylic acids is 1. The zero-order valence-corrected chi connectivity index (χ0v) is 10.6. The van der Waals surface area contributed by atoms with E-state index in [2.05, 4.69) is 15.4 Å². The summed E-state index contributed by atoms with van der Waals surface area (Å²) in [4.78, 5) is 22.1. The third-order valence-corrected chi connectivity index (χ3v) is 2.74. The predicted molar refractivity (Wildman–Crippen MR) is 73.6 cm³/mol. The molecule has 2 heterocycles. The molecule has 2 aromatic heterocycles. The van der Waals surface area contributed by atoms with Crippen molar-refractivity contribution in [2.45, 2.75) is 6.92 Å². The van der Waals surface area contributed by atoms with Gasteiger partial charge in [-0.2, -0.15) is 0 Å². The minimum absolute atomic E-state index is 0.135. The molecule has 0 aromatic carbocycles. The summed E-state index contributed by atoms with van der Waals surface area (Å²) in [5.41, 5.74) is 4.26. The molecule has 2 rings (SSSR count). The van der Waals surface area contributed by atoms with Crippen LogP contribution in [0.1, 0.15) is 17.3 Å². The molecule has 0 aliphatic heterocycles. The van der Waals surface area contributed by atoms with E-state index in [4.69, 9.17) is 5.84 Å². The number of nitrogens with two attached hydrogens (primary N) is 1. The Morgan fingerprint density at radius 1 is 1.26 bits per heavy atom. The van der Waals surface area contributed by atoms with Crippen LogP contribution in [0.2, 0.25) is 0 Å². The van der Waals surface area contributed by atoms with Crippen LogP contribution in [0, 0.1) is 0 Å². The molecule has 0 atom stereocenters. The second-order valence-corrected chi connectivity index (χ2v) is 3.82. The Morgan fingerprint density at radius 3 is 2.58 bits per heavy atom. The first-order chi connectivity index (χ1) is 9.27. The number of anilines is 2. The molecule has 0 aliphatic rings. The van der Waals surface area contributed by atoms with E-state index in [-0.39, 0.29) is 5.91 Å². The number of hydrogen-bond acceptors (Lipinski definition) is 5. The molecule has 6 heteroatoms. The number of aromatic nitrogens is 2. The first-order valence-electron chi connectivity index (χ1n) is 5.90. The Labute approximate surface area is 111 Å². The van der Waals surface area contributed by atoms with Crippen molar-refractivity contribution in [2.24, 2.45) is 5.84 Å². The van der Waals surface area contributed by atoms with Gasteiger partial charge in [0.2, 0.25) is 0 Å². The highest BCUT2D eigenvalue weighted by molar-refractivity contribution is 6.09. The fourth-order valence-electron chi connectivity index (χ4n) is 1.81. The second-order valence-electron chi connectivity index (χ2n) is 3.82. The smallest absolute Gasteiger partial charge is 0.260 e. The molecule has 6 nitrogen and oxygen atoms in total. The van der Waals surface area contributed by atoms with Crippen LogP contribution in [-0.4, -0.2) is 22.4 Å². The normalized spacial score (nSPS) is 10.0. The molecule has 0 bridgehead atoms. The van der Waals surface area contributed by atoms with E-state index in [1.165, 1.54) is 6.20 Å². The van der Waals surface area contributed by atoms with Gasteiger partial charge < -0.3 is 10.3 Å². The van der Waals surface area contributed by atoms with E-state index < -0.39 is 0 Å². The molecule has 0 saturated heterocycles. The minimum Gasteiger partial charge on any atom is -0.322 e. The zero-order chi connectivity index (χ0) is 13.7. The summed E-state index contributed by atoms with van der Waals surface area (Å²) < 4.78 is 0. The van der Waals surface area contributed by atoms with Crippen molar-refractivity contribution < 1.29 is 4.79 Å². The van der Waals surface area contributed by atoms with Crippen molar-refractivity contribution in [1.82, 2.24) is 9.97 Å². The van der Waals surface area contributed by atoms with Crippen molar-refractivity contribution in [3.8, 4) is 0 Å². The number of amides is 1. The highest BCUT2D eigenvalue weighted by atomic mass is 16.2. The molecule has 19 heavy (non-hydrogen) atoms. The predicted octanol–water partition coefficient (Wildman–Crippen LogP) is 1.43. The molecule has 2 aromatic rings. The van der Waals surface area contributed by atoms with E-state index >= 15 is 0 Å². The monoisotopic (exact) mass is 257 g/mol. The van der Waals surface area contributed by atoms with Crippen molar-refractivity contribution in [2.75, 3.05) is 16.9 Å². The van der Waals surface area contributed by atoms with Crippen LogP contribution in [0.5, 0.6) is 0 Å². The maximum atomic E-state index is 12.5. The van der Waals surface area contributed by atoms with Crippen LogP contribution in [0.3, 0.4) is 0 Å². The lowest BCUT2D eigenvalue weighted by Gasteiger charge is -2.21. The summed E-state index contributed by atoms with van der Waals surface area (Å²) in [7, 11) is 0. The van der Waals surface area contributed by atoms with Crippen molar-refractivity contribution >= 4 is 17.3 Å². The van der Waals surface area contributed by atoms with Crippen LogP contribution in [-0.2, 0) is 0 Å². The Morgan fingerprint density at radius 2 is 1.95 bits per heavy atom. The van der Waals surface area contributed by atoms with Crippen molar-refractivity contribution in [3.05, 3.63) is 48.5 Å². The highest BCUT2D eigenvalue weighted by Gasteiger charge is 2.18. The number of hydrogen-bond donors (Lipinski definition) is 2. The number of pyridine rings is 2.